The Hall–Kier alpha value is -1.84. The van der Waals surface area contributed by atoms with E-state index in [0.717, 1.165) is 11.1 Å². The highest BCUT2D eigenvalue weighted by molar-refractivity contribution is 6.04. The Morgan fingerprint density at radius 2 is 1.33 bits per heavy atom. The third-order valence-electron chi connectivity index (χ3n) is 3.85. The largest absolute Gasteiger partial charge is 0.335 e. The van der Waals surface area contributed by atoms with Crippen LogP contribution in [0.15, 0.2) is 12.1 Å². The summed E-state index contributed by atoms with van der Waals surface area (Å²) in [7, 11) is 0. The Labute approximate surface area is 106 Å². The molecule has 2 aliphatic heterocycles. The molecule has 0 saturated carbocycles. The van der Waals surface area contributed by atoms with Gasteiger partial charge in [-0.2, -0.15) is 0 Å². The fourth-order valence-corrected chi connectivity index (χ4v) is 2.76. The first-order valence-corrected chi connectivity index (χ1v) is 6.40. The third-order valence-corrected chi connectivity index (χ3v) is 3.85. The minimum atomic E-state index is 0.0537. The Morgan fingerprint density at radius 1 is 0.889 bits per heavy atom. The molecule has 94 valence electrons. The Morgan fingerprint density at radius 3 is 1.72 bits per heavy atom. The lowest BCUT2D eigenvalue weighted by molar-refractivity contribution is 0.0786. The van der Waals surface area contributed by atoms with Gasteiger partial charge in [0.25, 0.3) is 11.8 Å². The van der Waals surface area contributed by atoms with Gasteiger partial charge in [-0.3, -0.25) is 9.59 Å². The first kappa shape index (κ1) is 11.3. The molecule has 2 heterocycles. The van der Waals surface area contributed by atoms with Crippen molar-refractivity contribution in [2.45, 2.75) is 26.9 Å². The van der Waals surface area contributed by atoms with Crippen LogP contribution >= 0.6 is 0 Å². The highest BCUT2D eigenvalue weighted by Crippen LogP contribution is 2.30. The van der Waals surface area contributed by atoms with Crippen LogP contribution in [-0.2, 0) is 13.1 Å². The molecule has 0 aromatic heterocycles. The number of carbonyl (C=O) groups is 2. The van der Waals surface area contributed by atoms with Crippen LogP contribution in [0.1, 0.15) is 45.7 Å². The summed E-state index contributed by atoms with van der Waals surface area (Å²) in [6.07, 6.45) is 0. The number of nitrogens with zero attached hydrogens (tertiary/aromatic N) is 2. The lowest BCUT2D eigenvalue weighted by Crippen LogP contribution is -2.24. The third kappa shape index (κ3) is 1.38. The van der Waals surface area contributed by atoms with Gasteiger partial charge in [0.2, 0.25) is 0 Å². The molecule has 4 heteroatoms. The van der Waals surface area contributed by atoms with E-state index in [2.05, 4.69) is 0 Å². The second kappa shape index (κ2) is 3.83. The predicted octanol–water partition coefficient (Wildman–Crippen LogP) is 1.64. The smallest absolute Gasteiger partial charge is 0.254 e. The van der Waals surface area contributed by atoms with Gasteiger partial charge in [0.1, 0.15) is 0 Å². The number of fused-ring (bicyclic) bond motifs is 2. The quantitative estimate of drug-likeness (QED) is 0.793. The van der Waals surface area contributed by atoms with E-state index in [0.29, 0.717) is 37.3 Å². The van der Waals surface area contributed by atoms with Crippen molar-refractivity contribution in [2.24, 2.45) is 0 Å². The Bertz CT molecular complexity index is 506. The molecule has 0 spiro atoms. The van der Waals surface area contributed by atoms with E-state index in [4.69, 9.17) is 0 Å². The monoisotopic (exact) mass is 244 g/mol. The molecule has 0 saturated heterocycles. The van der Waals surface area contributed by atoms with E-state index in [1.165, 1.54) is 0 Å². The summed E-state index contributed by atoms with van der Waals surface area (Å²) in [6, 6.07) is 3.83. The molecule has 1 aromatic rings. The van der Waals surface area contributed by atoms with Crippen LogP contribution in [0, 0.1) is 0 Å². The van der Waals surface area contributed by atoms with E-state index in [1.807, 2.05) is 29.7 Å². The van der Waals surface area contributed by atoms with Crippen LogP contribution in [0.3, 0.4) is 0 Å². The second-order valence-electron chi connectivity index (χ2n) is 4.81. The lowest BCUT2D eigenvalue weighted by Gasteiger charge is -2.12. The van der Waals surface area contributed by atoms with Crippen LogP contribution in [0.25, 0.3) is 0 Å². The van der Waals surface area contributed by atoms with E-state index in [9.17, 15) is 9.59 Å². The van der Waals surface area contributed by atoms with Gasteiger partial charge >= 0.3 is 0 Å². The number of hydrogen-bond acceptors (Lipinski definition) is 2. The maximum atomic E-state index is 12.1. The van der Waals surface area contributed by atoms with Gasteiger partial charge in [-0.1, -0.05) is 6.07 Å². The molecule has 0 aliphatic carbocycles. The van der Waals surface area contributed by atoms with Crippen molar-refractivity contribution in [1.29, 1.82) is 0 Å². The van der Waals surface area contributed by atoms with Crippen molar-refractivity contribution in [3.63, 3.8) is 0 Å². The molecular weight excluding hydrogens is 228 g/mol. The van der Waals surface area contributed by atoms with Crippen molar-refractivity contribution in [2.75, 3.05) is 13.1 Å². The summed E-state index contributed by atoms with van der Waals surface area (Å²) in [5, 5.41) is 0. The molecule has 4 nitrogen and oxygen atoms in total. The standard InChI is InChI=1S/C14H16N2O2/c1-3-15-7-9-5-10-8-16(4-2)14(18)12(10)6-11(9)13(15)17/h5-6H,3-4,7-8H2,1-2H3. The first-order chi connectivity index (χ1) is 8.65. The molecule has 0 atom stereocenters. The van der Waals surface area contributed by atoms with Gasteiger partial charge in [0, 0.05) is 37.3 Å². The number of rotatable bonds is 2. The number of carbonyl (C=O) groups excluding carboxylic acids is 2. The molecule has 1 aromatic carbocycles. The van der Waals surface area contributed by atoms with Crippen molar-refractivity contribution in [3.05, 3.63) is 34.4 Å². The second-order valence-corrected chi connectivity index (χ2v) is 4.81. The molecular formula is C14H16N2O2. The van der Waals surface area contributed by atoms with E-state index < -0.39 is 0 Å². The lowest BCUT2D eigenvalue weighted by atomic mass is 10.0. The average molecular weight is 244 g/mol. The van der Waals surface area contributed by atoms with Crippen LogP contribution in [-0.4, -0.2) is 34.7 Å². The van der Waals surface area contributed by atoms with Gasteiger partial charge in [0.05, 0.1) is 0 Å². The maximum absolute atomic E-state index is 12.1. The minimum absolute atomic E-state index is 0.0537. The summed E-state index contributed by atoms with van der Waals surface area (Å²) in [4.78, 5) is 27.8. The molecule has 2 amide bonds. The predicted molar refractivity (Wildman–Crippen MR) is 67.3 cm³/mol. The van der Waals surface area contributed by atoms with Gasteiger partial charge < -0.3 is 9.80 Å². The molecule has 0 radical (unpaired) electrons. The fraction of sp³-hybridized carbons (Fsp3) is 0.429. The number of hydrogen-bond donors (Lipinski definition) is 0. The average Bonchev–Trinajstić information content (AvgIpc) is 2.86. The number of amides is 2. The zero-order chi connectivity index (χ0) is 12.9. The van der Waals surface area contributed by atoms with E-state index >= 15 is 0 Å². The maximum Gasteiger partial charge on any atom is 0.254 e. The summed E-state index contributed by atoms with van der Waals surface area (Å²) < 4.78 is 0. The SMILES string of the molecule is CCN1Cc2cc3c(cc2C1=O)C(=O)N(CC)C3. The molecule has 0 bridgehead atoms. The van der Waals surface area contributed by atoms with Crippen molar-refractivity contribution in [3.8, 4) is 0 Å². The fourth-order valence-electron chi connectivity index (χ4n) is 2.76. The zero-order valence-corrected chi connectivity index (χ0v) is 10.7. The summed E-state index contributed by atoms with van der Waals surface area (Å²) in [5.41, 5.74) is 3.54. The topological polar surface area (TPSA) is 40.6 Å². The molecule has 0 N–H and O–H groups in total. The van der Waals surface area contributed by atoms with Crippen LogP contribution < -0.4 is 0 Å². The normalized spacial score (nSPS) is 17.4. The van der Waals surface area contributed by atoms with Gasteiger partial charge in [-0.15, -0.1) is 0 Å². The minimum Gasteiger partial charge on any atom is -0.335 e. The van der Waals surface area contributed by atoms with Gasteiger partial charge in [0.15, 0.2) is 0 Å². The van der Waals surface area contributed by atoms with Gasteiger partial charge in [-0.25, -0.2) is 0 Å². The molecule has 3 rings (SSSR count). The summed E-state index contributed by atoms with van der Waals surface area (Å²) in [5.74, 6) is 0.107. The Balaban J connectivity index is 2.05. The molecule has 0 fully saturated rings. The first-order valence-electron chi connectivity index (χ1n) is 6.40. The van der Waals surface area contributed by atoms with Crippen LogP contribution in [0.2, 0.25) is 0 Å². The zero-order valence-electron chi connectivity index (χ0n) is 10.7. The van der Waals surface area contributed by atoms with E-state index in [-0.39, 0.29) is 11.8 Å². The van der Waals surface area contributed by atoms with Crippen molar-refractivity contribution < 1.29 is 9.59 Å². The van der Waals surface area contributed by atoms with E-state index in [1.54, 1.807) is 6.07 Å². The molecule has 0 unspecified atom stereocenters. The highest BCUT2D eigenvalue weighted by Gasteiger charge is 2.32. The van der Waals surface area contributed by atoms with Crippen molar-refractivity contribution in [1.82, 2.24) is 9.80 Å². The van der Waals surface area contributed by atoms with Gasteiger partial charge in [-0.05, 0) is 31.0 Å². The Kier molecular flexibility index (Phi) is 2.40. The van der Waals surface area contributed by atoms with Crippen LogP contribution in [0.4, 0.5) is 0 Å². The number of benzene rings is 1. The van der Waals surface area contributed by atoms with Crippen molar-refractivity contribution >= 4 is 11.8 Å². The summed E-state index contributed by atoms with van der Waals surface area (Å²) >= 11 is 0. The highest BCUT2D eigenvalue weighted by atomic mass is 16.2. The summed E-state index contributed by atoms with van der Waals surface area (Å²) in [6.45, 7) is 6.74. The molecule has 2 aliphatic rings. The molecule has 18 heavy (non-hydrogen) atoms. The van der Waals surface area contributed by atoms with Crippen LogP contribution in [0.5, 0.6) is 0 Å².